The molecule has 26 heavy (non-hydrogen) atoms. The van der Waals surface area contributed by atoms with Gasteiger partial charge in [-0.2, -0.15) is 0 Å². The molecule has 3 unspecified atom stereocenters. The van der Waals surface area contributed by atoms with Crippen LogP contribution in [0.15, 0.2) is 29.1 Å². The zero-order valence-electron chi connectivity index (χ0n) is 15.0. The number of benzene rings is 1. The summed E-state index contributed by atoms with van der Waals surface area (Å²) in [5, 5.41) is 3.72. The highest BCUT2D eigenvalue weighted by Gasteiger charge is 2.59. The monoisotopic (exact) mass is 373 g/mol. The molecule has 0 bridgehead atoms. The number of aromatic nitrogens is 2. The number of amides is 1. The van der Waals surface area contributed by atoms with Gasteiger partial charge in [-0.3, -0.25) is 14.2 Å². The van der Waals surface area contributed by atoms with Gasteiger partial charge in [0.2, 0.25) is 5.91 Å². The molecule has 0 radical (unpaired) electrons. The van der Waals surface area contributed by atoms with Gasteiger partial charge in [0, 0.05) is 36.9 Å². The highest BCUT2D eigenvalue weighted by atomic mass is 32.1. The Hall–Kier alpha value is -1.99. The summed E-state index contributed by atoms with van der Waals surface area (Å²) < 4.78 is 7.57. The van der Waals surface area contributed by atoms with Crippen molar-refractivity contribution < 1.29 is 9.53 Å². The van der Waals surface area contributed by atoms with Crippen LogP contribution in [0.3, 0.4) is 0 Å². The fraction of sp³-hybridized carbons (Fsp3) is 0.526. The largest absolute Gasteiger partial charge is 0.377 e. The number of nitrogens with zero attached hydrogens (tertiary/aromatic N) is 1. The summed E-state index contributed by atoms with van der Waals surface area (Å²) in [5.41, 5.74) is 0.505. The predicted molar refractivity (Wildman–Crippen MR) is 102 cm³/mol. The second-order valence-electron chi connectivity index (χ2n) is 7.79. The van der Waals surface area contributed by atoms with E-state index in [9.17, 15) is 9.59 Å². The van der Waals surface area contributed by atoms with Gasteiger partial charge in [0.1, 0.15) is 0 Å². The molecule has 2 aliphatic rings. The number of rotatable bonds is 4. The van der Waals surface area contributed by atoms with E-state index in [2.05, 4.69) is 24.1 Å². The van der Waals surface area contributed by atoms with Gasteiger partial charge in [-0.1, -0.05) is 26.0 Å². The third-order valence-corrected chi connectivity index (χ3v) is 6.19. The van der Waals surface area contributed by atoms with Crippen molar-refractivity contribution in [3.8, 4) is 0 Å². The number of hydrogen-bond donors (Lipinski definition) is 2. The molecule has 2 fully saturated rings. The van der Waals surface area contributed by atoms with Gasteiger partial charge in [0.25, 0.3) is 5.56 Å². The molecule has 138 valence electrons. The molecule has 1 saturated carbocycles. The second kappa shape index (κ2) is 6.32. The molecule has 1 aromatic heterocycles. The van der Waals surface area contributed by atoms with Gasteiger partial charge >= 0.3 is 0 Å². The quantitative estimate of drug-likeness (QED) is 0.807. The van der Waals surface area contributed by atoms with Crippen molar-refractivity contribution in [1.82, 2.24) is 14.9 Å². The average molecular weight is 373 g/mol. The number of para-hydroxylation sites is 1. The van der Waals surface area contributed by atoms with Gasteiger partial charge in [-0.05, 0) is 30.8 Å². The average Bonchev–Trinajstić information content (AvgIpc) is 3.07. The van der Waals surface area contributed by atoms with Gasteiger partial charge in [0.15, 0.2) is 4.77 Å². The minimum Gasteiger partial charge on any atom is -0.377 e. The minimum atomic E-state index is -0.162. The molecule has 2 N–H and O–H groups in total. The Kier molecular flexibility index (Phi) is 4.23. The first-order valence-corrected chi connectivity index (χ1v) is 9.43. The Balaban J connectivity index is 1.46. The highest BCUT2D eigenvalue weighted by Crippen LogP contribution is 2.52. The lowest BCUT2D eigenvalue weighted by Crippen LogP contribution is -2.66. The molecule has 2 aromatic rings. The number of fused-ring (bicyclic) bond motifs is 2. The molecular formula is C19H23N3O3S. The lowest BCUT2D eigenvalue weighted by molar-refractivity contribution is -0.138. The van der Waals surface area contributed by atoms with Crippen LogP contribution in [0.5, 0.6) is 0 Å². The maximum Gasteiger partial charge on any atom is 0.262 e. The van der Waals surface area contributed by atoms with Crippen LogP contribution < -0.4 is 10.9 Å². The van der Waals surface area contributed by atoms with Gasteiger partial charge in [-0.25, -0.2) is 0 Å². The standard InChI is InChI=1S/C19H23N3O3S/c1-19(2)15(12-8-10-25-16(12)19)21-14(23)7-9-22-17(24)11-5-3-4-6-13(11)20-18(22)26/h3-6,12,15-16H,7-10H2,1-2H3,(H,20,26)(H,21,23). The molecule has 6 nitrogen and oxygen atoms in total. The molecule has 2 heterocycles. The Labute approximate surface area is 156 Å². The van der Waals surface area contributed by atoms with Crippen molar-refractivity contribution in [2.75, 3.05) is 6.61 Å². The fourth-order valence-corrected chi connectivity index (χ4v) is 4.76. The second-order valence-corrected chi connectivity index (χ2v) is 8.18. The van der Waals surface area contributed by atoms with Crippen molar-refractivity contribution in [3.63, 3.8) is 0 Å². The number of H-pyrrole nitrogens is 1. The number of ether oxygens (including phenoxy) is 1. The van der Waals surface area contributed by atoms with E-state index in [0.29, 0.717) is 21.6 Å². The zero-order chi connectivity index (χ0) is 18.5. The summed E-state index contributed by atoms with van der Waals surface area (Å²) in [4.78, 5) is 28.2. The van der Waals surface area contributed by atoms with Gasteiger partial charge in [0.05, 0.1) is 17.0 Å². The van der Waals surface area contributed by atoms with Crippen molar-refractivity contribution in [1.29, 1.82) is 0 Å². The van der Waals surface area contributed by atoms with Crippen molar-refractivity contribution in [2.45, 2.75) is 45.4 Å². The van der Waals surface area contributed by atoms with Crippen LogP contribution in [-0.2, 0) is 16.1 Å². The summed E-state index contributed by atoms with van der Waals surface area (Å²) >= 11 is 5.30. The number of carbonyl (C=O) groups excluding carboxylic acids is 1. The minimum absolute atomic E-state index is 0.0480. The maximum atomic E-state index is 12.6. The van der Waals surface area contributed by atoms with Crippen LogP contribution in [0, 0.1) is 16.1 Å². The summed E-state index contributed by atoms with van der Waals surface area (Å²) in [5.74, 6) is 0.350. The molecule has 1 aliphatic heterocycles. The third kappa shape index (κ3) is 2.70. The van der Waals surface area contributed by atoms with Gasteiger partial charge in [-0.15, -0.1) is 0 Å². The molecular weight excluding hydrogens is 350 g/mol. The summed E-state index contributed by atoms with van der Waals surface area (Å²) in [6.45, 7) is 5.30. The molecule has 3 atom stereocenters. The molecule has 1 aliphatic carbocycles. The maximum absolute atomic E-state index is 12.6. The smallest absolute Gasteiger partial charge is 0.262 e. The first-order chi connectivity index (χ1) is 12.4. The summed E-state index contributed by atoms with van der Waals surface area (Å²) in [6, 6.07) is 7.38. The van der Waals surface area contributed by atoms with Crippen molar-refractivity contribution >= 4 is 29.0 Å². The van der Waals surface area contributed by atoms with E-state index in [1.165, 1.54) is 4.57 Å². The first-order valence-electron chi connectivity index (χ1n) is 9.02. The summed E-state index contributed by atoms with van der Waals surface area (Å²) in [6.07, 6.45) is 1.46. The van der Waals surface area contributed by atoms with E-state index >= 15 is 0 Å². The molecule has 0 spiro atoms. The first kappa shape index (κ1) is 17.4. The van der Waals surface area contributed by atoms with Crippen molar-refractivity contribution in [2.24, 2.45) is 11.3 Å². The zero-order valence-corrected chi connectivity index (χ0v) is 15.8. The SMILES string of the molecule is CC1(C)C(NC(=O)CCn2c(=S)[nH]c3ccccc3c2=O)C2CCOC21. The molecule has 1 saturated heterocycles. The number of nitrogens with one attached hydrogen (secondary N) is 2. The lowest BCUT2D eigenvalue weighted by Gasteiger charge is -2.54. The van der Waals surface area contributed by atoms with E-state index < -0.39 is 0 Å². The highest BCUT2D eigenvalue weighted by molar-refractivity contribution is 7.71. The molecule has 7 heteroatoms. The van der Waals surface area contributed by atoms with E-state index in [4.69, 9.17) is 17.0 Å². The van der Waals surface area contributed by atoms with Crippen LogP contribution in [0.2, 0.25) is 0 Å². The summed E-state index contributed by atoms with van der Waals surface area (Å²) in [7, 11) is 0. The number of hydrogen-bond acceptors (Lipinski definition) is 4. The molecule has 1 amide bonds. The van der Waals surface area contributed by atoms with Crippen molar-refractivity contribution in [3.05, 3.63) is 39.4 Å². The normalized spacial score (nSPS) is 26.3. The number of aromatic amines is 1. The Bertz CT molecular complexity index is 978. The van der Waals surface area contributed by atoms with Crippen LogP contribution in [0.4, 0.5) is 0 Å². The molecule has 1 aromatic carbocycles. The Morgan fingerprint density at radius 1 is 1.42 bits per heavy atom. The van der Waals surface area contributed by atoms with E-state index in [0.717, 1.165) is 13.0 Å². The lowest BCUT2D eigenvalue weighted by atomic mass is 9.57. The Morgan fingerprint density at radius 3 is 3.00 bits per heavy atom. The number of carbonyl (C=O) groups is 1. The van der Waals surface area contributed by atoms with Crippen LogP contribution >= 0.6 is 12.2 Å². The predicted octanol–water partition coefficient (Wildman–Crippen LogP) is 2.38. The van der Waals surface area contributed by atoms with Crippen LogP contribution in [0.1, 0.15) is 26.7 Å². The topological polar surface area (TPSA) is 76.1 Å². The third-order valence-electron chi connectivity index (χ3n) is 5.87. The Morgan fingerprint density at radius 2 is 2.19 bits per heavy atom. The molecule has 4 rings (SSSR count). The van der Waals surface area contributed by atoms with Gasteiger partial charge < -0.3 is 15.0 Å². The fourth-order valence-electron chi connectivity index (χ4n) is 4.48. The van der Waals surface area contributed by atoms with Crippen LogP contribution in [-0.4, -0.2) is 34.2 Å². The van der Waals surface area contributed by atoms with Crippen LogP contribution in [0.25, 0.3) is 10.9 Å². The van der Waals surface area contributed by atoms with E-state index in [-0.39, 0.29) is 42.0 Å². The van der Waals surface area contributed by atoms with E-state index in [1.807, 2.05) is 18.2 Å². The van der Waals surface area contributed by atoms with E-state index in [1.54, 1.807) is 6.07 Å².